The van der Waals surface area contributed by atoms with Crippen molar-refractivity contribution in [1.29, 1.82) is 0 Å². The van der Waals surface area contributed by atoms with Crippen LogP contribution in [0, 0.1) is 43.4 Å². The Kier molecular flexibility index (Phi) is 7.86. The number of nitrogens with one attached hydrogen (secondary N) is 4. The molecular weight excluding hydrogens is 584 g/mol. The number of aliphatic hydroxyl groups is 1. The van der Waals surface area contributed by atoms with E-state index < -0.39 is 11.9 Å². The Labute approximate surface area is 268 Å². The number of hydrogen-bond donors (Lipinski definition) is 5. The monoisotopic (exact) mass is 626 g/mol. The molecule has 2 aromatic rings. The van der Waals surface area contributed by atoms with Crippen molar-refractivity contribution in [3.05, 3.63) is 74.4 Å². The summed E-state index contributed by atoms with van der Waals surface area (Å²) in [4.78, 5) is 46.8. The molecule has 0 amide bonds. The molecule has 10 nitrogen and oxygen atoms in total. The molecule has 4 aliphatic rings. The van der Waals surface area contributed by atoms with Gasteiger partial charge in [-0.3, -0.25) is 14.4 Å². The Balaban J connectivity index is 1.67. The number of allylic oxidation sites excluding steroid dienone is 4. The molecule has 0 spiro atoms. The van der Waals surface area contributed by atoms with Crippen LogP contribution >= 0.6 is 0 Å². The molecule has 0 radical (unpaired) electrons. The first-order valence-corrected chi connectivity index (χ1v) is 15.9. The SMILES string of the molecule is C=C(O)c1c2[nH]c(c1C)/C=C1\N/C(=C3\c4[nH]c(c(C)c4C(=O)[C@@H]3C(=O)OC)/C=C3\N/C(=C\2)[C@H](C)[C@H]3CC)[C@@H](CCC(=O)OC)[C@@H]1C. The van der Waals surface area contributed by atoms with Gasteiger partial charge in [0.2, 0.25) is 0 Å². The van der Waals surface area contributed by atoms with Gasteiger partial charge in [-0.2, -0.15) is 0 Å². The van der Waals surface area contributed by atoms with Crippen molar-refractivity contribution < 1.29 is 29.0 Å². The van der Waals surface area contributed by atoms with Crippen molar-refractivity contribution in [3.8, 4) is 0 Å². The summed E-state index contributed by atoms with van der Waals surface area (Å²) in [6, 6.07) is 0. The summed E-state index contributed by atoms with van der Waals surface area (Å²) in [5.41, 5.74) is 9.75. The smallest absolute Gasteiger partial charge is 0.321 e. The second-order valence-electron chi connectivity index (χ2n) is 12.8. The van der Waals surface area contributed by atoms with Crippen molar-refractivity contribution in [2.75, 3.05) is 14.2 Å². The maximum atomic E-state index is 14.1. The maximum Gasteiger partial charge on any atom is 0.321 e. The minimum atomic E-state index is -1.15. The molecule has 8 bridgehead atoms. The van der Waals surface area contributed by atoms with Gasteiger partial charge in [-0.25, -0.2) is 0 Å². The quantitative estimate of drug-likeness (QED) is 0.149. The average molecular weight is 627 g/mol. The highest BCUT2D eigenvalue weighted by Crippen LogP contribution is 2.49. The first-order valence-electron chi connectivity index (χ1n) is 15.9. The number of carbonyl (C=O) groups excluding carboxylic acids is 3. The number of rotatable bonds is 6. The van der Waals surface area contributed by atoms with E-state index in [0.717, 1.165) is 51.7 Å². The van der Waals surface area contributed by atoms with Crippen LogP contribution in [0.15, 0.2) is 29.4 Å². The van der Waals surface area contributed by atoms with Crippen molar-refractivity contribution >= 4 is 47.3 Å². The number of ketones is 1. The molecule has 10 heteroatoms. The molecule has 0 saturated carbocycles. The summed E-state index contributed by atoms with van der Waals surface area (Å²) < 4.78 is 10.2. The van der Waals surface area contributed by atoms with E-state index in [-0.39, 0.29) is 47.6 Å². The van der Waals surface area contributed by atoms with E-state index >= 15 is 0 Å². The van der Waals surface area contributed by atoms with Gasteiger partial charge >= 0.3 is 11.9 Å². The standard InChI is InChI=1S/C36H42N4O6/c1-9-20-15(2)22-14-27-29(19(6)41)17(4)24(38-27)12-23-16(3)21(10-11-28(42)45-7)33(39-23)31-32(36(44)46-8)35(43)30-18(5)25(40-34(30)31)13-26(20)37-22/h12-16,20-21,32,37-41H,6,9-11H2,1-5,7-8H3/b22-14-,23-12-,26-13-,33-31-/t15-,16+,20-,21+,32-/m1/s1. The molecule has 1 aliphatic carbocycles. The first-order chi connectivity index (χ1) is 21.9. The molecule has 0 unspecified atom stereocenters. The van der Waals surface area contributed by atoms with Crippen LogP contribution in [0.4, 0.5) is 0 Å². The minimum absolute atomic E-state index is 0.0324. The lowest BCUT2D eigenvalue weighted by Gasteiger charge is -2.19. The number of esters is 2. The number of hydrogen-bond acceptors (Lipinski definition) is 8. The van der Waals surface area contributed by atoms with Gasteiger partial charge in [-0.15, -0.1) is 0 Å². The second kappa shape index (κ2) is 11.6. The van der Waals surface area contributed by atoms with Gasteiger partial charge in [0.05, 0.1) is 25.6 Å². The van der Waals surface area contributed by atoms with Crippen LogP contribution in [-0.2, 0) is 19.1 Å². The third kappa shape index (κ3) is 4.73. The largest absolute Gasteiger partial charge is 0.508 e. The summed E-state index contributed by atoms with van der Waals surface area (Å²) in [5.74, 6) is -2.46. The summed E-state index contributed by atoms with van der Waals surface area (Å²) in [6.07, 6.45) is 7.60. The molecular formula is C36H42N4O6. The van der Waals surface area contributed by atoms with Gasteiger partial charge in [0.15, 0.2) is 5.78 Å². The van der Waals surface area contributed by atoms with E-state index in [1.165, 1.54) is 14.2 Å². The van der Waals surface area contributed by atoms with Gasteiger partial charge in [0.25, 0.3) is 0 Å². The zero-order chi connectivity index (χ0) is 33.2. The van der Waals surface area contributed by atoms with Crippen LogP contribution in [0.1, 0.15) is 89.9 Å². The molecule has 46 heavy (non-hydrogen) atoms. The van der Waals surface area contributed by atoms with E-state index in [2.05, 4.69) is 54.0 Å². The van der Waals surface area contributed by atoms with E-state index in [4.69, 9.17) is 9.47 Å². The van der Waals surface area contributed by atoms with E-state index in [1.54, 1.807) is 0 Å². The van der Waals surface area contributed by atoms with E-state index in [9.17, 15) is 19.5 Å². The molecule has 2 aromatic heterocycles. The zero-order valence-electron chi connectivity index (χ0n) is 27.4. The molecule has 6 rings (SSSR count). The van der Waals surface area contributed by atoms with E-state index in [0.29, 0.717) is 34.5 Å². The summed E-state index contributed by atoms with van der Waals surface area (Å²) in [5, 5.41) is 17.9. The second-order valence-corrected chi connectivity index (χ2v) is 12.8. The highest BCUT2D eigenvalue weighted by atomic mass is 16.5. The number of aromatic amines is 2. The fraction of sp³-hybridized carbons (Fsp3) is 0.417. The number of aliphatic hydroxyl groups excluding tert-OH is 1. The zero-order valence-corrected chi connectivity index (χ0v) is 27.4. The van der Waals surface area contributed by atoms with Gasteiger partial charge in [-0.05, 0) is 56.0 Å². The van der Waals surface area contributed by atoms with Crippen LogP contribution in [0.5, 0.6) is 0 Å². The normalized spacial score (nSPS) is 29.6. The van der Waals surface area contributed by atoms with Crippen LogP contribution in [0.2, 0.25) is 0 Å². The Morgan fingerprint density at radius 3 is 2.17 bits per heavy atom. The molecule has 3 aliphatic heterocycles. The molecule has 5 heterocycles. The number of aromatic nitrogens is 2. The minimum Gasteiger partial charge on any atom is -0.508 e. The first kappa shape index (κ1) is 31.3. The number of methoxy groups -OCH3 is 2. The molecule has 0 aromatic carbocycles. The van der Waals surface area contributed by atoms with E-state index in [1.807, 2.05) is 26.0 Å². The van der Waals surface area contributed by atoms with Gasteiger partial charge in [0.1, 0.15) is 11.7 Å². The Morgan fingerprint density at radius 2 is 1.52 bits per heavy atom. The third-order valence-electron chi connectivity index (χ3n) is 10.4. The lowest BCUT2D eigenvalue weighted by Crippen LogP contribution is -2.25. The van der Waals surface area contributed by atoms with Crippen molar-refractivity contribution in [3.63, 3.8) is 0 Å². The van der Waals surface area contributed by atoms with Crippen molar-refractivity contribution in [2.24, 2.45) is 29.6 Å². The van der Waals surface area contributed by atoms with Crippen molar-refractivity contribution in [2.45, 2.75) is 53.9 Å². The average Bonchev–Trinajstić information content (AvgIpc) is 3.76. The van der Waals surface area contributed by atoms with Crippen LogP contribution < -0.4 is 10.6 Å². The summed E-state index contributed by atoms with van der Waals surface area (Å²) in [7, 11) is 2.65. The molecule has 242 valence electrons. The number of carbonyl (C=O) groups is 3. The van der Waals surface area contributed by atoms with Gasteiger partial charge in [-0.1, -0.05) is 27.4 Å². The highest BCUT2D eigenvalue weighted by Gasteiger charge is 2.48. The maximum absolute atomic E-state index is 14.1. The Bertz CT molecular complexity index is 1810. The van der Waals surface area contributed by atoms with Crippen LogP contribution in [-0.4, -0.2) is 47.0 Å². The lowest BCUT2D eigenvalue weighted by molar-refractivity contribution is -0.142. The fourth-order valence-electron chi connectivity index (χ4n) is 7.83. The molecule has 2 saturated heterocycles. The number of ether oxygens (including phenoxy) is 2. The van der Waals surface area contributed by atoms with Gasteiger partial charge in [0, 0.05) is 81.0 Å². The van der Waals surface area contributed by atoms with Crippen molar-refractivity contribution in [1.82, 2.24) is 20.6 Å². The van der Waals surface area contributed by atoms with Crippen LogP contribution in [0.3, 0.4) is 0 Å². The molecule has 2 fully saturated rings. The number of Topliss-reactive ketones (excluding diaryl/α,β-unsaturated/α-hetero) is 1. The molecule has 5 N–H and O–H groups in total. The molecule has 5 atom stereocenters. The number of fused-ring (bicyclic) bond motifs is 7. The van der Waals surface area contributed by atoms with Crippen LogP contribution in [0.25, 0.3) is 29.6 Å². The summed E-state index contributed by atoms with van der Waals surface area (Å²) in [6.45, 7) is 14.1. The summed E-state index contributed by atoms with van der Waals surface area (Å²) >= 11 is 0. The third-order valence-corrected chi connectivity index (χ3v) is 10.4. The predicted octanol–water partition coefficient (Wildman–Crippen LogP) is 6.00. The topological polar surface area (TPSA) is 146 Å². The lowest BCUT2D eigenvalue weighted by atomic mass is 9.85. The Morgan fingerprint density at radius 1 is 0.891 bits per heavy atom. The fourth-order valence-corrected chi connectivity index (χ4v) is 7.83. The predicted molar refractivity (Wildman–Crippen MR) is 177 cm³/mol. The van der Waals surface area contributed by atoms with Gasteiger partial charge < -0.3 is 35.2 Å². The number of H-pyrrole nitrogens is 2. The Hall–Kier alpha value is -4.73. The highest BCUT2D eigenvalue weighted by molar-refractivity contribution is 6.24.